The molecule has 240 valence electrons. The van der Waals surface area contributed by atoms with Crippen molar-refractivity contribution in [3.05, 3.63) is 90.5 Å². The summed E-state index contributed by atoms with van der Waals surface area (Å²) in [6.45, 7) is 14.0. The number of amides is 2. The SMILES string of the molecule is C=CCCCCOC(=O)[C@H]1[C@H]2C(=O)N([C@@H](CO)Cc3ccccc3)C(C(=O)N(CC=C)c3c(C)cccc3C)C23CC[C@]1(C)S3. The summed E-state index contributed by atoms with van der Waals surface area (Å²) in [5.41, 5.74) is 3.66. The van der Waals surface area contributed by atoms with Crippen LogP contribution in [0.2, 0.25) is 0 Å². The Morgan fingerprint density at radius 3 is 2.44 bits per heavy atom. The zero-order valence-electron chi connectivity index (χ0n) is 26.7. The number of nitrogens with zero attached hydrogens (tertiary/aromatic N) is 2. The number of carbonyl (C=O) groups excluding carboxylic acids is 3. The zero-order chi connectivity index (χ0) is 32.4. The van der Waals surface area contributed by atoms with Gasteiger partial charge in [-0.15, -0.1) is 24.9 Å². The molecule has 3 heterocycles. The van der Waals surface area contributed by atoms with Gasteiger partial charge in [-0.3, -0.25) is 14.4 Å². The fraction of sp³-hybridized carbons (Fsp3) is 0.486. The van der Waals surface area contributed by atoms with Crippen molar-refractivity contribution in [2.45, 2.75) is 80.9 Å². The van der Waals surface area contributed by atoms with E-state index in [1.54, 1.807) is 27.6 Å². The maximum Gasteiger partial charge on any atom is 0.311 e. The van der Waals surface area contributed by atoms with Crippen LogP contribution in [0, 0.1) is 25.7 Å². The summed E-state index contributed by atoms with van der Waals surface area (Å²) in [6.07, 6.45) is 7.72. The van der Waals surface area contributed by atoms with Crippen LogP contribution in [0.4, 0.5) is 5.69 Å². The molecular formula is C37H46N2O5S. The topological polar surface area (TPSA) is 87.1 Å². The highest BCUT2D eigenvalue weighted by Crippen LogP contribution is 2.72. The van der Waals surface area contributed by atoms with Crippen molar-refractivity contribution in [2.75, 3.05) is 24.7 Å². The Labute approximate surface area is 271 Å². The molecular weight excluding hydrogens is 584 g/mol. The summed E-state index contributed by atoms with van der Waals surface area (Å²) in [5, 5.41) is 10.8. The molecule has 2 bridgehead atoms. The molecule has 3 fully saturated rings. The lowest BCUT2D eigenvalue weighted by Gasteiger charge is -2.40. The third-order valence-electron chi connectivity index (χ3n) is 9.95. The van der Waals surface area contributed by atoms with Crippen LogP contribution in [0.3, 0.4) is 0 Å². The monoisotopic (exact) mass is 630 g/mol. The van der Waals surface area contributed by atoms with Gasteiger partial charge in [-0.05, 0) is 76.0 Å². The molecule has 45 heavy (non-hydrogen) atoms. The Morgan fingerprint density at radius 2 is 1.80 bits per heavy atom. The van der Waals surface area contributed by atoms with Gasteiger partial charge in [-0.1, -0.05) is 60.7 Å². The summed E-state index contributed by atoms with van der Waals surface area (Å²) < 4.78 is 4.48. The highest BCUT2D eigenvalue weighted by atomic mass is 32.2. The van der Waals surface area contributed by atoms with E-state index in [2.05, 4.69) is 13.2 Å². The Bertz CT molecular complexity index is 1430. The van der Waals surface area contributed by atoms with E-state index in [1.165, 1.54) is 0 Å². The van der Waals surface area contributed by atoms with E-state index in [9.17, 15) is 14.7 Å². The molecule has 1 spiro atoms. The summed E-state index contributed by atoms with van der Waals surface area (Å²) in [5.74, 6) is -2.20. The van der Waals surface area contributed by atoms with Gasteiger partial charge in [0.2, 0.25) is 5.91 Å². The van der Waals surface area contributed by atoms with Gasteiger partial charge in [-0.2, -0.15) is 0 Å². The van der Waals surface area contributed by atoms with E-state index in [0.717, 1.165) is 41.6 Å². The summed E-state index contributed by atoms with van der Waals surface area (Å²) >= 11 is 1.62. The number of ether oxygens (including phenoxy) is 1. The maximum absolute atomic E-state index is 15.1. The third-order valence-corrected chi connectivity index (χ3v) is 11.9. The van der Waals surface area contributed by atoms with Crippen LogP contribution in [0.15, 0.2) is 73.8 Å². The molecule has 0 radical (unpaired) electrons. The van der Waals surface area contributed by atoms with Gasteiger partial charge in [0.05, 0.1) is 35.8 Å². The number of thioether (sulfide) groups is 1. The fourth-order valence-corrected chi connectivity index (χ4v) is 10.3. The van der Waals surface area contributed by atoms with Crippen LogP contribution in [0.5, 0.6) is 0 Å². The number of esters is 1. The van der Waals surface area contributed by atoms with Crippen LogP contribution in [-0.4, -0.2) is 69.1 Å². The Morgan fingerprint density at radius 1 is 1.09 bits per heavy atom. The Hall–Kier alpha value is -3.36. The number of anilines is 1. The van der Waals surface area contributed by atoms with E-state index in [-0.39, 0.29) is 37.5 Å². The predicted octanol–water partition coefficient (Wildman–Crippen LogP) is 5.81. The number of carbonyl (C=O) groups is 3. The summed E-state index contributed by atoms with van der Waals surface area (Å²) in [4.78, 5) is 47.1. The molecule has 8 heteroatoms. The highest BCUT2D eigenvalue weighted by Gasteiger charge is 2.78. The van der Waals surface area contributed by atoms with E-state index >= 15 is 4.79 Å². The number of para-hydroxylation sites is 1. The standard InChI is InChI=1S/C37H46N2O5S/c1-6-8-9-13-22-44-35(43)30-29-33(41)39(28(24-40)23-27-17-11-10-12-18-27)32(37(29)20-19-36(30,5)45-37)34(42)38(21-7-2)31-25(3)15-14-16-26(31)4/h6-7,10-12,14-18,28-30,32,40H,1-2,8-9,13,19-24H2,3-5H3/t28-,29+,30-,32?,36+,37?/m1/s1. The molecule has 3 aliphatic heterocycles. The van der Waals surface area contributed by atoms with Gasteiger partial charge >= 0.3 is 5.97 Å². The number of hydrogen-bond acceptors (Lipinski definition) is 6. The quantitative estimate of drug-likeness (QED) is 0.161. The molecule has 0 aromatic heterocycles. The molecule has 7 nitrogen and oxygen atoms in total. The van der Waals surface area contributed by atoms with E-state index < -0.39 is 33.4 Å². The largest absolute Gasteiger partial charge is 0.465 e. The van der Waals surface area contributed by atoms with Crippen molar-refractivity contribution < 1.29 is 24.2 Å². The van der Waals surface area contributed by atoms with Crippen LogP contribution in [0.1, 0.15) is 55.7 Å². The number of aliphatic hydroxyl groups excluding tert-OH is 1. The number of likely N-dealkylation sites (tertiary alicyclic amines) is 1. The van der Waals surface area contributed by atoms with E-state index in [0.29, 0.717) is 19.3 Å². The van der Waals surface area contributed by atoms with E-state index in [4.69, 9.17) is 4.74 Å². The maximum atomic E-state index is 15.1. The molecule has 0 aliphatic carbocycles. The van der Waals surface area contributed by atoms with Crippen molar-refractivity contribution in [3.8, 4) is 0 Å². The molecule has 2 unspecified atom stereocenters. The number of benzene rings is 2. The second kappa shape index (κ2) is 13.6. The first-order valence-corrected chi connectivity index (χ1v) is 16.9. The first-order chi connectivity index (χ1) is 21.6. The molecule has 3 saturated heterocycles. The molecule has 2 aromatic rings. The van der Waals surface area contributed by atoms with Crippen LogP contribution in [-0.2, 0) is 25.5 Å². The van der Waals surface area contributed by atoms with Crippen molar-refractivity contribution in [2.24, 2.45) is 11.8 Å². The molecule has 3 aliphatic rings. The van der Waals surface area contributed by atoms with Gasteiger partial charge < -0.3 is 19.6 Å². The first-order valence-electron chi connectivity index (χ1n) is 16.1. The van der Waals surface area contributed by atoms with Gasteiger partial charge in [0.25, 0.3) is 5.91 Å². The van der Waals surface area contributed by atoms with Crippen molar-refractivity contribution >= 4 is 35.2 Å². The number of fused-ring (bicyclic) bond motifs is 1. The van der Waals surface area contributed by atoms with Gasteiger partial charge in [0, 0.05) is 17.0 Å². The minimum Gasteiger partial charge on any atom is -0.465 e. The van der Waals surface area contributed by atoms with Crippen LogP contribution < -0.4 is 4.90 Å². The second-order valence-corrected chi connectivity index (χ2v) is 14.8. The number of aryl methyl sites for hydroxylation is 2. The minimum absolute atomic E-state index is 0.204. The van der Waals surface area contributed by atoms with Crippen molar-refractivity contribution in [1.82, 2.24) is 4.90 Å². The van der Waals surface area contributed by atoms with Gasteiger partial charge in [0.15, 0.2) is 0 Å². The van der Waals surface area contributed by atoms with Crippen LogP contribution >= 0.6 is 11.8 Å². The number of aliphatic hydroxyl groups is 1. The average Bonchev–Trinajstić information content (AvgIpc) is 3.60. The minimum atomic E-state index is -0.868. The molecule has 2 amide bonds. The molecule has 1 N–H and O–H groups in total. The summed E-state index contributed by atoms with van der Waals surface area (Å²) in [6, 6.07) is 14.1. The lowest BCUT2D eigenvalue weighted by atomic mass is 9.66. The van der Waals surface area contributed by atoms with E-state index in [1.807, 2.05) is 75.4 Å². The fourth-order valence-electron chi connectivity index (χ4n) is 7.98. The number of hydrogen-bond donors (Lipinski definition) is 1. The third kappa shape index (κ3) is 5.87. The number of unbranched alkanes of at least 4 members (excludes halogenated alkanes) is 2. The Balaban J connectivity index is 1.58. The van der Waals surface area contributed by atoms with Crippen molar-refractivity contribution in [1.29, 1.82) is 0 Å². The lowest BCUT2D eigenvalue weighted by Crippen LogP contribution is -2.58. The second-order valence-electron chi connectivity index (χ2n) is 12.9. The number of rotatable bonds is 14. The Kier molecular flexibility index (Phi) is 9.94. The molecule has 6 atom stereocenters. The van der Waals surface area contributed by atoms with Gasteiger partial charge in [-0.25, -0.2) is 0 Å². The zero-order valence-corrected chi connectivity index (χ0v) is 27.6. The molecule has 5 rings (SSSR count). The van der Waals surface area contributed by atoms with Crippen molar-refractivity contribution in [3.63, 3.8) is 0 Å². The molecule has 2 aromatic carbocycles. The van der Waals surface area contributed by atoms with Crippen LogP contribution in [0.25, 0.3) is 0 Å². The predicted molar refractivity (Wildman–Crippen MR) is 180 cm³/mol. The normalized spacial score (nSPS) is 27.2. The van der Waals surface area contributed by atoms with Gasteiger partial charge in [0.1, 0.15) is 6.04 Å². The highest BCUT2D eigenvalue weighted by molar-refractivity contribution is 8.02. The molecule has 0 saturated carbocycles. The number of allylic oxidation sites excluding steroid dienone is 1. The summed E-state index contributed by atoms with van der Waals surface area (Å²) in [7, 11) is 0. The first kappa shape index (κ1) is 33.0. The average molecular weight is 631 g/mol. The smallest absolute Gasteiger partial charge is 0.311 e. The lowest BCUT2D eigenvalue weighted by molar-refractivity contribution is -0.156.